The number of unbranched alkanes of at least 4 members (excludes halogenated alkanes) is 8. The first-order valence-electron chi connectivity index (χ1n) is 16.8. The molecule has 0 bridgehead atoms. The van der Waals surface area contributed by atoms with Gasteiger partial charge in [0.25, 0.3) is 0 Å². The van der Waals surface area contributed by atoms with E-state index in [2.05, 4.69) is 33.9 Å². The van der Waals surface area contributed by atoms with E-state index in [1.165, 1.54) is 0 Å². The Kier molecular flexibility index (Phi) is 32.6. The predicted octanol–water partition coefficient (Wildman–Crippen LogP) is 7.86. The van der Waals surface area contributed by atoms with Gasteiger partial charge >= 0.3 is 0 Å². The average Bonchev–Trinajstić information content (AvgIpc) is 3.01. The van der Waals surface area contributed by atoms with E-state index in [0.717, 1.165) is 51.4 Å². The minimum Gasteiger partial charge on any atom is -0.330 e. The Morgan fingerprint density at radius 3 is 1.25 bits per heavy atom. The lowest BCUT2D eigenvalue weighted by Crippen LogP contribution is -2.21. The lowest BCUT2D eigenvalue weighted by molar-refractivity contribution is -0.128. The Labute approximate surface area is 265 Å². The molecule has 0 heterocycles. The first kappa shape index (κ1) is 43.3. The number of nitrogens with two attached hydrogens (primary N) is 2. The fourth-order valence-electron chi connectivity index (χ4n) is 4.87. The zero-order valence-corrected chi connectivity index (χ0v) is 27.6. The fourth-order valence-corrected chi connectivity index (χ4v) is 4.87. The van der Waals surface area contributed by atoms with Crippen LogP contribution in [-0.4, -0.2) is 49.3 Å². The minimum atomic E-state index is -0.212. The second-order valence-corrected chi connectivity index (χ2v) is 11.4. The zero-order valence-electron chi connectivity index (χ0n) is 27.6. The summed E-state index contributed by atoms with van der Waals surface area (Å²) in [5, 5.41) is 6.87. The van der Waals surface area contributed by atoms with Gasteiger partial charge < -0.3 is 11.5 Å². The molecule has 2 unspecified atom stereocenters. The van der Waals surface area contributed by atoms with Crippen LogP contribution in [0.15, 0.2) is 10.2 Å². The number of azide groups is 2. The normalized spacial score (nSPS) is 11.7. The maximum absolute atomic E-state index is 12.2. The Balaban J connectivity index is 0. The van der Waals surface area contributed by atoms with Crippen LogP contribution in [0.2, 0.25) is 0 Å². The van der Waals surface area contributed by atoms with E-state index < -0.39 is 0 Å². The van der Waals surface area contributed by atoms with Crippen LogP contribution in [0.1, 0.15) is 142 Å². The van der Waals surface area contributed by atoms with Crippen LogP contribution in [0.3, 0.4) is 0 Å². The third-order valence-corrected chi connectivity index (χ3v) is 7.50. The molecule has 2 atom stereocenters. The van der Waals surface area contributed by atoms with E-state index in [9.17, 15) is 19.2 Å². The lowest BCUT2D eigenvalue weighted by atomic mass is 9.90. The van der Waals surface area contributed by atoms with Crippen molar-refractivity contribution < 1.29 is 19.2 Å². The summed E-state index contributed by atoms with van der Waals surface area (Å²) in [7, 11) is 0. The molecule has 0 radical (unpaired) electrons. The predicted molar refractivity (Wildman–Crippen MR) is 177 cm³/mol. The van der Waals surface area contributed by atoms with Crippen LogP contribution < -0.4 is 11.5 Å². The SMILES string of the molecule is CCCCCCC(=O)C(CCN)CC(=O)CCCCN=[N+]=[N-].CCCCCCC(=O)C(CCN)CC(=O)CCCCN=[N+]=[N-]. The van der Waals surface area contributed by atoms with Gasteiger partial charge in [0, 0.05) is 73.3 Å². The number of rotatable bonds is 30. The van der Waals surface area contributed by atoms with Crippen molar-refractivity contribution in [2.24, 2.45) is 33.5 Å². The van der Waals surface area contributed by atoms with Gasteiger partial charge in [-0.05, 0) is 75.5 Å². The van der Waals surface area contributed by atoms with Crippen molar-refractivity contribution in [2.45, 2.75) is 142 Å². The van der Waals surface area contributed by atoms with Crippen molar-refractivity contribution in [3.05, 3.63) is 20.9 Å². The van der Waals surface area contributed by atoms with Crippen LogP contribution >= 0.6 is 0 Å². The summed E-state index contributed by atoms with van der Waals surface area (Å²) in [5.74, 6) is 0.170. The first-order chi connectivity index (χ1) is 21.3. The fraction of sp³-hybridized carbons (Fsp3) is 0.875. The van der Waals surface area contributed by atoms with Crippen molar-refractivity contribution in [3.63, 3.8) is 0 Å². The highest BCUT2D eigenvalue weighted by Crippen LogP contribution is 2.18. The largest absolute Gasteiger partial charge is 0.330 e. The number of nitrogens with zero attached hydrogens (tertiary/aromatic N) is 6. The van der Waals surface area contributed by atoms with Crippen LogP contribution in [-0.2, 0) is 19.2 Å². The minimum absolute atomic E-state index is 0.112. The number of carbonyl (C=O) groups excluding carboxylic acids is 4. The number of hydrogen-bond acceptors (Lipinski definition) is 8. The van der Waals surface area contributed by atoms with E-state index in [1.54, 1.807) is 0 Å². The van der Waals surface area contributed by atoms with Crippen molar-refractivity contribution in [3.8, 4) is 0 Å². The Morgan fingerprint density at radius 1 is 0.568 bits per heavy atom. The third-order valence-electron chi connectivity index (χ3n) is 7.50. The number of carbonyl (C=O) groups is 4. The molecule has 0 aromatic heterocycles. The van der Waals surface area contributed by atoms with E-state index in [-0.39, 0.29) is 35.0 Å². The number of ketones is 4. The smallest absolute Gasteiger partial charge is 0.136 e. The van der Waals surface area contributed by atoms with Crippen molar-refractivity contribution >= 4 is 23.1 Å². The van der Waals surface area contributed by atoms with Crippen LogP contribution in [0, 0.1) is 11.8 Å². The molecular formula is C32H60N8O4. The summed E-state index contributed by atoms with van der Waals surface area (Å²) in [6.07, 6.45) is 15.2. The van der Waals surface area contributed by atoms with Gasteiger partial charge in [-0.1, -0.05) is 62.6 Å². The quantitative estimate of drug-likeness (QED) is 0.0352. The standard InChI is InChI=1S/2C16H30N4O2/c2*1-2-3-4-5-9-16(22)14(10-11-17)13-15(21)8-6-7-12-19-20-18/h2*14H,2-13,17H2,1H3. The van der Waals surface area contributed by atoms with Crippen molar-refractivity contribution in [1.29, 1.82) is 0 Å². The monoisotopic (exact) mass is 620 g/mol. The molecule has 12 heteroatoms. The van der Waals surface area contributed by atoms with E-state index in [4.69, 9.17) is 22.5 Å². The maximum Gasteiger partial charge on any atom is 0.136 e. The Hall–Kier alpha value is -2.78. The van der Waals surface area contributed by atoms with Gasteiger partial charge in [0.05, 0.1) is 0 Å². The number of hydrogen-bond donors (Lipinski definition) is 2. The molecule has 0 rings (SSSR count). The Bertz CT molecular complexity index is 800. The molecule has 0 amide bonds. The third kappa shape index (κ3) is 28.0. The zero-order chi connectivity index (χ0) is 33.3. The van der Waals surface area contributed by atoms with Crippen molar-refractivity contribution in [2.75, 3.05) is 26.2 Å². The van der Waals surface area contributed by atoms with Gasteiger partial charge in [-0.3, -0.25) is 19.2 Å². The van der Waals surface area contributed by atoms with Crippen LogP contribution in [0.25, 0.3) is 20.9 Å². The molecular weight excluding hydrogens is 560 g/mol. The maximum atomic E-state index is 12.2. The van der Waals surface area contributed by atoms with Gasteiger partial charge in [0.1, 0.15) is 23.1 Å². The first-order valence-corrected chi connectivity index (χ1v) is 16.8. The summed E-state index contributed by atoms with van der Waals surface area (Å²) >= 11 is 0. The van der Waals surface area contributed by atoms with Crippen molar-refractivity contribution in [1.82, 2.24) is 0 Å². The topological polar surface area (TPSA) is 218 Å². The average molecular weight is 621 g/mol. The molecule has 0 aliphatic rings. The summed E-state index contributed by atoms with van der Waals surface area (Å²) in [5.41, 5.74) is 27.4. The molecule has 0 aliphatic carbocycles. The second-order valence-electron chi connectivity index (χ2n) is 11.4. The second kappa shape index (κ2) is 33.1. The molecule has 252 valence electrons. The molecule has 0 saturated carbocycles. The Morgan fingerprint density at radius 2 is 0.932 bits per heavy atom. The summed E-state index contributed by atoms with van der Waals surface area (Å²) in [4.78, 5) is 53.6. The van der Waals surface area contributed by atoms with Gasteiger partial charge in [0.15, 0.2) is 0 Å². The van der Waals surface area contributed by atoms with E-state index in [1.807, 2.05) is 0 Å². The summed E-state index contributed by atoms with van der Waals surface area (Å²) in [6, 6.07) is 0. The highest BCUT2D eigenvalue weighted by Gasteiger charge is 2.21. The van der Waals surface area contributed by atoms with Gasteiger partial charge in [-0.2, -0.15) is 0 Å². The van der Waals surface area contributed by atoms with E-state index in [0.29, 0.717) is 103 Å². The van der Waals surface area contributed by atoms with Gasteiger partial charge in [0.2, 0.25) is 0 Å². The summed E-state index contributed by atoms with van der Waals surface area (Å²) < 4.78 is 0. The molecule has 0 aliphatic heterocycles. The summed E-state index contributed by atoms with van der Waals surface area (Å²) in [6.45, 7) is 6.00. The molecule has 0 aromatic carbocycles. The number of Topliss-reactive ketones (excluding diaryl/α,β-unsaturated/α-hetero) is 4. The lowest BCUT2D eigenvalue weighted by Gasteiger charge is -2.14. The molecule has 0 saturated heterocycles. The molecule has 4 N–H and O–H groups in total. The van der Waals surface area contributed by atoms with E-state index >= 15 is 0 Å². The molecule has 0 fully saturated rings. The molecule has 0 aromatic rings. The molecule has 12 nitrogen and oxygen atoms in total. The molecule has 44 heavy (non-hydrogen) atoms. The van der Waals surface area contributed by atoms with Gasteiger partial charge in [-0.15, -0.1) is 0 Å². The van der Waals surface area contributed by atoms with Crippen LogP contribution in [0.4, 0.5) is 0 Å². The molecule has 0 spiro atoms. The highest BCUT2D eigenvalue weighted by molar-refractivity contribution is 5.88. The highest BCUT2D eigenvalue weighted by atomic mass is 16.1. The van der Waals surface area contributed by atoms with Crippen LogP contribution in [0.5, 0.6) is 0 Å². The van der Waals surface area contributed by atoms with Gasteiger partial charge in [-0.25, -0.2) is 0 Å².